The number of fused-ring (bicyclic) bond motifs is 5. The van der Waals surface area contributed by atoms with Crippen molar-refractivity contribution in [3.63, 3.8) is 0 Å². The zero-order valence-electron chi connectivity index (χ0n) is 55.2. The number of carboxylic acid groups (broad SMARTS) is 1. The minimum atomic E-state index is -2.04. The number of halogens is 2. The standard InChI is InChI=1S/C69H81F2N15O13S2/c1-85-33-60(89)79-52(24-41-30-75-49-16-12-43(70)26-47(41)49)63(93)80-53(25-42-31-76-50-17-13-44(71)27-48(42)50)64(94)82-55(29-61(90)91)66(96)81-54(28-45-32-74-37-77-45)65(95)83-56(23-38-10-14-46(87)15-11-38)69(99)86-20-5-9-58(86)67(97)84-57(62(73)92)36-101-35-40-7-4-6-39(22-40)34-100-21-18-59(88)78-51(68(85)98)8-2-3-19-72/h4,6-7,10-17,22,26-27,30-32,37,51-58,75-76,87H,2-3,5,8-9,18-21,23-25,28-29,33-36,72H2,1H3,(H2,73,92)(H,74,77)(H,78,88)(H,79,89)(H,80,93)(H,81,96)(H,82,94)(H,83,95)(H,84,97)(H,90,91)/t51-,52-,53-,54-,55-,56-,57-,58-/m0/s1. The lowest BCUT2D eigenvalue weighted by Gasteiger charge is -2.31. The smallest absolute Gasteiger partial charge is 0.305 e. The second-order valence-electron chi connectivity index (χ2n) is 24.9. The Kier molecular flexibility index (Phi) is 26.4. The second kappa shape index (κ2) is 35.6. The van der Waals surface area contributed by atoms with Crippen LogP contribution in [0.25, 0.3) is 21.8 Å². The zero-order valence-corrected chi connectivity index (χ0v) is 56.8. The number of benzene rings is 4. The van der Waals surface area contributed by atoms with Gasteiger partial charge in [0.1, 0.15) is 65.7 Å². The number of likely N-dealkylation sites (N-methyl/N-ethyl adjacent to an activating group) is 1. The molecule has 4 aromatic carbocycles. The highest BCUT2D eigenvalue weighted by Crippen LogP contribution is 2.26. The molecule has 8 atom stereocenters. The van der Waals surface area contributed by atoms with Gasteiger partial charge in [0.05, 0.1) is 19.3 Å². The Bertz CT molecular complexity index is 4140. The molecule has 0 spiro atoms. The second-order valence-corrected chi connectivity index (χ2v) is 27.1. The van der Waals surface area contributed by atoms with Gasteiger partial charge in [0.25, 0.3) is 0 Å². The van der Waals surface area contributed by atoms with E-state index < -0.39 is 144 Å². The summed E-state index contributed by atoms with van der Waals surface area (Å²) in [6.45, 7) is -0.337. The highest BCUT2D eigenvalue weighted by atomic mass is 32.2. The van der Waals surface area contributed by atoms with Gasteiger partial charge in [-0.1, -0.05) is 36.4 Å². The van der Waals surface area contributed by atoms with E-state index in [-0.39, 0.29) is 73.2 Å². The Balaban J connectivity index is 1.06. The molecule has 1 saturated heterocycles. The molecular weight excluding hydrogens is 1350 g/mol. The molecule has 1 fully saturated rings. The fourth-order valence-corrected chi connectivity index (χ4v) is 14.0. The molecule has 3 aromatic heterocycles. The fourth-order valence-electron chi connectivity index (χ4n) is 12.1. The number of hydrogen-bond donors (Lipinski definition) is 14. The summed E-state index contributed by atoms with van der Waals surface area (Å²) < 4.78 is 29.9. The van der Waals surface area contributed by atoms with Gasteiger partial charge in [-0.2, -0.15) is 23.5 Å². The Morgan fingerprint density at radius 1 is 0.634 bits per heavy atom. The van der Waals surface area contributed by atoms with Crippen molar-refractivity contribution in [1.29, 1.82) is 0 Å². The van der Waals surface area contributed by atoms with Gasteiger partial charge in [-0.25, -0.2) is 13.8 Å². The first-order chi connectivity index (χ1) is 48.5. The third-order valence-corrected chi connectivity index (χ3v) is 19.5. The molecule has 2 bridgehead atoms. The van der Waals surface area contributed by atoms with Crippen molar-refractivity contribution in [2.45, 2.75) is 130 Å². The van der Waals surface area contributed by atoms with Crippen molar-refractivity contribution in [2.75, 3.05) is 38.2 Å². The number of carbonyl (C=O) groups is 11. The number of phenolic OH excluding ortho intramolecular Hbond substituents is 1. The number of aromatic amines is 3. The number of carboxylic acids is 1. The summed E-state index contributed by atoms with van der Waals surface area (Å²) in [7, 11) is 1.33. The van der Waals surface area contributed by atoms with E-state index in [9.17, 15) is 57.4 Å². The van der Waals surface area contributed by atoms with E-state index in [1.54, 1.807) is 0 Å². The van der Waals surface area contributed by atoms with Gasteiger partial charge in [0, 0.05) is 115 Å². The molecule has 16 N–H and O–H groups in total. The number of rotatable bonds is 15. The largest absolute Gasteiger partial charge is 0.508 e. The number of nitrogens with zero attached hydrogens (tertiary/aromatic N) is 3. The van der Waals surface area contributed by atoms with E-state index >= 15 is 14.4 Å². The van der Waals surface area contributed by atoms with E-state index in [2.05, 4.69) is 57.2 Å². The Morgan fingerprint density at radius 3 is 1.82 bits per heavy atom. The molecule has 7 aromatic rings. The predicted molar refractivity (Wildman–Crippen MR) is 372 cm³/mol. The molecule has 0 aliphatic carbocycles. The molecule has 0 unspecified atom stereocenters. The summed E-state index contributed by atoms with van der Waals surface area (Å²) in [6.07, 6.45) is 4.56. The first-order valence-corrected chi connectivity index (χ1v) is 35.2. The molecular formula is C69H81F2N15O13S2. The van der Waals surface area contributed by atoms with Crippen molar-refractivity contribution in [3.8, 4) is 5.75 Å². The number of carbonyl (C=O) groups excluding carboxylic acids is 10. The lowest BCUT2D eigenvalue weighted by atomic mass is 10.0. The van der Waals surface area contributed by atoms with Crippen LogP contribution < -0.4 is 48.7 Å². The van der Waals surface area contributed by atoms with Crippen LogP contribution in [0.5, 0.6) is 5.75 Å². The number of nitrogens with one attached hydrogen (secondary N) is 10. The third kappa shape index (κ3) is 21.1. The van der Waals surface area contributed by atoms with Crippen LogP contribution >= 0.6 is 23.5 Å². The SMILES string of the molecule is CN1CC(=O)N[C@@H](Cc2c[nH]c3ccc(F)cc23)C(=O)N[C@@H](Cc2c[nH]c3ccc(F)cc23)C(=O)N[C@@H](CC(=O)O)C(=O)N[C@@H](Cc2cnc[nH]2)C(=O)N[C@@H](Cc2ccc(O)cc2)C(=O)N2CCC[C@H]2C(=O)N[C@H](C(N)=O)CSCc2cccc(c2)CSCCC(=O)N[C@@H](CCCCN)C1=O. The van der Waals surface area contributed by atoms with E-state index in [0.717, 1.165) is 16.0 Å². The lowest BCUT2D eigenvalue weighted by Crippen LogP contribution is -2.61. The maximum absolute atomic E-state index is 15.1. The molecule has 101 heavy (non-hydrogen) atoms. The Hall–Kier alpha value is -10.3. The summed E-state index contributed by atoms with van der Waals surface area (Å²) in [4.78, 5) is 172. The molecule has 9 rings (SSSR count). The average Bonchev–Trinajstić information content (AvgIpc) is 1.74. The predicted octanol–water partition coefficient (Wildman–Crippen LogP) is 2.13. The van der Waals surface area contributed by atoms with E-state index in [0.29, 0.717) is 70.6 Å². The number of aliphatic carboxylic acids is 1. The number of H-pyrrole nitrogens is 3. The lowest BCUT2D eigenvalue weighted by molar-refractivity contribution is -0.143. The van der Waals surface area contributed by atoms with Crippen LogP contribution in [0.3, 0.4) is 0 Å². The van der Waals surface area contributed by atoms with Gasteiger partial charge >= 0.3 is 5.97 Å². The quantitative estimate of drug-likeness (QED) is 0.0654. The molecule has 536 valence electrons. The fraction of sp³-hybridized carbons (Fsp3) is 0.391. The van der Waals surface area contributed by atoms with Crippen LogP contribution in [-0.4, -0.2) is 192 Å². The number of hydrogen-bond acceptors (Lipinski definition) is 16. The molecule has 0 radical (unpaired) electrons. The maximum Gasteiger partial charge on any atom is 0.305 e. The minimum absolute atomic E-state index is 0.0142. The van der Waals surface area contributed by atoms with Crippen LogP contribution in [0.4, 0.5) is 8.78 Å². The number of nitrogens with two attached hydrogens (primary N) is 2. The molecule has 0 saturated carbocycles. The van der Waals surface area contributed by atoms with E-state index in [4.69, 9.17) is 11.5 Å². The van der Waals surface area contributed by atoms with Gasteiger partial charge < -0.3 is 83.6 Å². The summed E-state index contributed by atoms with van der Waals surface area (Å²) in [5.74, 6) is -10.5. The highest BCUT2D eigenvalue weighted by molar-refractivity contribution is 7.98. The monoisotopic (exact) mass is 1430 g/mol. The van der Waals surface area contributed by atoms with Gasteiger partial charge in [-0.15, -0.1) is 0 Å². The van der Waals surface area contributed by atoms with Gasteiger partial charge in [-0.3, -0.25) is 52.7 Å². The molecule has 2 aliphatic heterocycles. The van der Waals surface area contributed by atoms with Crippen molar-refractivity contribution in [1.82, 2.24) is 67.0 Å². The Morgan fingerprint density at radius 2 is 1.22 bits per heavy atom. The van der Waals surface area contributed by atoms with Crippen molar-refractivity contribution in [3.05, 3.63) is 155 Å². The molecule has 5 heterocycles. The third-order valence-electron chi connectivity index (χ3n) is 17.3. The van der Waals surface area contributed by atoms with Gasteiger partial charge in [0.2, 0.25) is 59.1 Å². The van der Waals surface area contributed by atoms with Gasteiger partial charge in [-0.05, 0) is 115 Å². The first-order valence-electron chi connectivity index (χ1n) is 32.9. The molecule has 32 heteroatoms. The summed E-state index contributed by atoms with van der Waals surface area (Å²) in [5, 5.41) is 39.6. The van der Waals surface area contributed by atoms with Crippen LogP contribution in [0.15, 0.2) is 110 Å². The number of amides is 10. The average molecular weight is 1430 g/mol. The number of aromatic nitrogens is 4. The zero-order chi connectivity index (χ0) is 72.3. The van der Waals surface area contributed by atoms with Gasteiger partial charge in [0.15, 0.2) is 0 Å². The van der Waals surface area contributed by atoms with Crippen LogP contribution in [0.1, 0.15) is 78.5 Å². The van der Waals surface area contributed by atoms with E-state index in [1.807, 2.05) is 24.3 Å². The summed E-state index contributed by atoms with van der Waals surface area (Å²) in [6, 6.07) is 8.93. The number of imidazole rings is 1. The Labute approximate surface area is 587 Å². The summed E-state index contributed by atoms with van der Waals surface area (Å²) >= 11 is 2.80. The van der Waals surface area contributed by atoms with Crippen molar-refractivity contribution in [2.24, 2.45) is 11.5 Å². The normalized spacial score (nSPS) is 22.1. The number of primary amides is 1. The van der Waals surface area contributed by atoms with Crippen LogP contribution in [-0.2, 0) is 89.9 Å². The van der Waals surface area contributed by atoms with Crippen molar-refractivity contribution < 1.29 is 71.7 Å². The van der Waals surface area contributed by atoms with Crippen molar-refractivity contribution >= 4 is 110 Å². The number of unbranched alkanes of at least 4 members (excludes halogenated alkanes) is 1. The number of phenols is 1. The molecule has 10 amide bonds. The first kappa shape index (κ1) is 74.9. The highest BCUT2D eigenvalue weighted by Gasteiger charge is 2.41. The molecule has 28 nitrogen and oxygen atoms in total. The maximum atomic E-state index is 15.1. The number of aromatic hydroxyl groups is 1. The summed E-state index contributed by atoms with van der Waals surface area (Å²) in [5.41, 5.74) is 15.6. The van der Waals surface area contributed by atoms with E-state index in [1.165, 1.54) is 121 Å². The molecule has 2 aliphatic rings. The van der Waals surface area contributed by atoms with Crippen LogP contribution in [0, 0.1) is 11.6 Å². The topological polar surface area (TPSA) is 431 Å². The minimum Gasteiger partial charge on any atom is -0.508 e. The number of thioether (sulfide) groups is 2. The van der Waals surface area contributed by atoms with Crippen LogP contribution in [0.2, 0.25) is 0 Å².